The van der Waals surface area contributed by atoms with Gasteiger partial charge in [0.2, 0.25) is 0 Å². The Bertz CT molecular complexity index is 883. The molecule has 2 aromatic heterocycles. The second kappa shape index (κ2) is 6.40. The van der Waals surface area contributed by atoms with Crippen LogP contribution in [0.3, 0.4) is 0 Å². The van der Waals surface area contributed by atoms with Gasteiger partial charge in [0.25, 0.3) is 0 Å². The maximum Gasteiger partial charge on any atom is 0.417 e. The van der Waals surface area contributed by atoms with Crippen molar-refractivity contribution in [2.24, 2.45) is 5.73 Å². The lowest BCUT2D eigenvalue weighted by Gasteiger charge is -2.10. The van der Waals surface area contributed by atoms with Gasteiger partial charge in [-0.1, -0.05) is 0 Å². The Morgan fingerprint density at radius 2 is 1.80 bits per heavy atom. The fourth-order valence-corrected chi connectivity index (χ4v) is 2.65. The monoisotopic (exact) mass is 349 g/mol. The van der Waals surface area contributed by atoms with E-state index in [1.54, 1.807) is 12.1 Å². The first-order chi connectivity index (χ1) is 11.8. The van der Waals surface area contributed by atoms with Crippen LogP contribution in [0.15, 0.2) is 42.6 Å². The van der Waals surface area contributed by atoms with Crippen LogP contribution in [0.1, 0.15) is 25.1 Å². The van der Waals surface area contributed by atoms with E-state index in [9.17, 15) is 13.2 Å². The molecule has 1 aromatic carbocycles. The highest BCUT2D eigenvalue weighted by atomic mass is 19.4. The van der Waals surface area contributed by atoms with Crippen molar-refractivity contribution in [1.29, 1.82) is 0 Å². The molecule has 0 fully saturated rings. The van der Waals surface area contributed by atoms with Gasteiger partial charge in [0, 0.05) is 18.3 Å². The molecule has 4 nitrogen and oxygen atoms in total. The highest BCUT2D eigenvalue weighted by Crippen LogP contribution is 2.31. The van der Waals surface area contributed by atoms with Crippen LogP contribution in [0.5, 0.6) is 5.75 Å². The van der Waals surface area contributed by atoms with Gasteiger partial charge in [-0.05, 0) is 50.2 Å². The second-order valence-corrected chi connectivity index (χ2v) is 5.95. The summed E-state index contributed by atoms with van der Waals surface area (Å²) < 4.78 is 45.9. The Morgan fingerprint density at radius 1 is 1.12 bits per heavy atom. The van der Waals surface area contributed by atoms with E-state index >= 15 is 0 Å². The van der Waals surface area contributed by atoms with Crippen LogP contribution in [-0.4, -0.2) is 15.5 Å². The summed E-state index contributed by atoms with van der Waals surface area (Å²) in [5, 5.41) is 0. The number of benzene rings is 1. The highest BCUT2D eigenvalue weighted by molar-refractivity contribution is 5.67. The molecule has 0 aliphatic heterocycles. The quantitative estimate of drug-likeness (QED) is 0.765. The summed E-state index contributed by atoms with van der Waals surface area (Å²) in [5.74, 6) is 0.719. The van der Waals surface area contributed by atoms with E-state index in [4.69, 9.17) is 10.5 Å². The minimum Gasteiger partial charge on any atom is -0.491 e. The first kappa shape index (κ1) is 17.3. The van der Waals surface area contributed by atoms with Crippen molar-refractivity contribution in [1.82, 2.24) is 9.38 Å². The zero-order chi connectivity index (χ0) is 18.2. The molecule has 132 valence electrons. The van der Waals surface area contributed by atoms with Crippen LogP contribution < -0.4 is 10.5 Å². The van der Waals surface area contributed by atoms with Crippen molar-refractivity contribution in [3.05, 3.63) is 53.9 Å². The average Bonchev–Trinajstić information content (AvgIpc) is 2.91. The van der Waals surface area contributed by atoms with E-state index in [1.165, 1.54) is 10.5 Å². The van der Waals surface area contributed by atoms with Gasteiger partial charge in [-0.3, -0.25) is 0 Å². The molecule has 0 unspecified atom stereocenters. The molecule has 0 spiro atoms. The van der Waals surface area contributed by atoms with Gasteiger partial charge in [0.1, 0.15) is 11.4 Å². The van der Waals surface area contributed by atoms with Crippen molar-refractivity contribution in [3.63, 3.8) is 0 Å². The SMILES string of the molecule is CC(C)Oc1ccc(-c2nc3ccc(C(F)(F)F)cn3c2CN)cc1. The zero-order valence-electron chi connectivity index (χ0n) is 13.8. The van der Waals surface area contributed by atoms with Crippen molar-refractivity contribution in [3.8, 4) is 17.0 Å². The maximum atomic E-state index is 13.0. The number of pyridine rings is 1. The van der Waals surface area contributed by atoms with Gasteiger partial charge >= 0.3 is 6.18 Å². The molecular formula is C18H18F3N3O. The predicted octanol–water partition coefficient (Wildman–Crippen LogP) is 4.27. The Labute approximate surface area is 143 Å². The van der Waals surface area contributed by atoms with Crippen LogP contribution in [0, 0.1) is 0 Å². The first-order valence-electron chi connectivity index (χ1n) is 7.85. The smallest absolute Gasteiger partial charge is 0.417 e. The number of ether oxygens (including phenoxy) is 1. The molecule has 3 aromatic rings. The summed E-state index contributed by atoms with van der Waals surface area (Å²) in [6.07, 6.45) is -3.33. The lowest BCUT2D eigenvalue weighted by molar-refractivity contribution is -0.137. The summed E-state index contributed by atoms with van der Waals surface area (Å²) in [6.45, 7) is 3.93. The fourth-order valence-electron chi connectivity index (χ4n) is 2.65. The molecule has 0 saturated heterocycles. The second-order valence-electron chi connectivity index (χ2n) is 5.95. The third-order valence-electron chi connectivity index (χ3n) is 3.74. The van der Waals surface area contributed by atoms with Crippen molar-refractivity contribution in [2.75, 3.05) is 0 Å². The van der Waals surface area contributed by atoms with E-state index in [2.05, 4.69) is 4.98 Å². The minimum atomic E-state index is -4.42. The standard InChI is InChI=1S/C18H18F3N3O/c1-11(2)25-14-6-3-12(4-7-14)17-15(9-22)24-10-13(18(19,20)21)5-8-16(24)23-17/h3-8,10-11H,9,22H2,1-2H3. The molecule has 25 heavy (non-hydrogen) atoms. The number of hydrogen-bond acceptors (Lipinski definition) is 3. The first-order valence-corrected chi connectivity index (χ1v) is 7.85. The Balaban J connectivity index is 2.07. The van der Waals surface area contributed by atoms with E-state index < -0.39 is 11.7 Å². The topological polar surface area (TPSA) is 52.5 Å². The summed E-state index contributed by atoms with van der Waals surface area (Å²) in [4.78, 5) is 4.44. The lowest BCUT2D eigenvalue weighted by atomic mass is 10.1. The Kier molecular flexibility index (Phi) is 4.43. The van der Waals surface area contributed by atoms with Crippen molar-refractivity contribution in [2.45, 2.75) is 32.7 Å². The van der Waals surface area contributed by atoms with Crippen LogP contribution >= 0.6 is 0 Å². The summed E-state index contributed by atoms with van der Waals surface area (Å²) in [7, 11) is 0. The van der Waals surface area contributed by atoms with E-state index in [0.29, 0.717) is 17.0 Å². The minimum absolute atomic E-state index is 0.0569. The Morgan fingerprint density at radius 3 is 2.36 bits per heavy atom. The molecule has 0 atom stereocenters. The number of alkyl halides is 3. The normalized spacial score (nSPS) is 12.1. The van der Waals surface area contributed by atoms with E-state index in [0.717, 1.165) is 23.6 Å². The summed E-state index contributed by atoms with van der Waals surface area (Å²) in [6, 6.07) is 9.63. The maximum absolute atomic E-state index is 13.0. The molecule has 2 N–H and O–H groups in total. The highest BCUT2D eigenvalue weighted by Gasteiger charge is 2.31. The van der Waals surface area contributed by atoms with Crippen LogP contribution in [0.2, 0.25) is 0 Å². The van der Waals surface area contributed by atoms with Crippen molar-refractivity contribution >= 4 is 5.65 Å². The van der Waals surface area contributed by atoms with Gasteiger partial charge in [-0.15, -0.1) is 0 Å². The third-order valence-corrected chi connectivity index (χ3v) is 3.74. The van der Waals surface area contributed by atoms with E-state index in [1.807, 2.05) is 26.0 Å². The molecule has 0 bridgehead atoms. The number of aromatic nitrogens is 2. The van der Waals surface area contributed by atoms with Crippen molar-refractivity contribution < 1.29 is 17.9 Å². The number of nitrogens with two attached hydrogens (primary N) is 1. The molecule has 0 aliphatic rings. The molecular weight excluding hydrogens is 331 g/mol. The van der Waals surface area contributed by atoms with E-state index in [-0.39, 0.29) is 12.6 Å². The largest absolute Gasteiger partial charge is 0.491 e. The molecule has 0 amide bonds. The molecule has 0 saturated carbocycles. The zero-order valence-corrected chi connectivity index (χ0v) is 13.8. The van der Waals surface area contributed by atoms with Gasteiger partial charge in [0.05, 0.1) is 23.1 Å². The number of rotatable bonds is 4. The predicted molar refractivity (Wildman–Crippen MR) is 89.3 cm³/mol. The summed E-state index contributed by atoms with van der Waals surface area (Å²) >= 11 is 0. The number of halogens is 3. The number of imidazole rings is 1. The fraction of sp³-hybridized carbons (Fsp3) is 0.278. The Hall–Kier alpha value is -2.54. The summed E-state index contributed by atoms with van der Waals surface area (Å²) in [5.41, 5.74) is 7.34. The van der Waals surface area contributed by atoms with Crippen LogP contribution in [0.4, 0.5) is 13.2 Å². The lowest BCUT2D eigenvalue weighted by Crippen LogP contribution is -2.08. The molecule has 3 rings (SSSR count). The van der Waals surface area contributed by atoms with Crippen LogP contribution in [0.25, 0.3) is 16.9 Å². The van der Waals surface area contributed by atoms with Gasteiger partial charge < -0.3 is 14.9 Å². The molecule has 7 heteroatoms. The number of hydrogen-bond donors (Lipinski definition) is 1. The average molecular weight is 349 g/mol. The van der Waals surface area contributed by atoms with Gasteiger partial charge in [-0.2, -0.15) is 13.2 Å². The molecule has 2 heterocycles. The number of nitrogens with zero attached hydrogens (tertiary/aromatic N) is 2. The number of fused-ring (bicyclic) bond motifs is 1. The third kappa shape index (κ3) is 3.46. The van der Waals surface area contributed by atoms with Gasteiger partial charge in [-0.25, -0.2) is 4.98 Å². The van der Waals surface area contributed by atoms with Gasteiger partial charge in [0.15, 0.2) is 0 Å². The van der Waals surface area contributed by atoms with Crippen LogP contribution in [-0.2, 0) is 12.7 Å². The molecule has 0 aliphatic carbocycles. The molecule has 0 radical (unpaired) electrons.